The van der Waals surface area contributed by atoms with Gasteiger partial charge in [0.15, 0.2) is 11.5 Å². The maximum atomic E-state index is 12.9. The number of nitrogens with one attached hydrogen (secondary N) is 4. The van der Waals surface area contributed by atoms with Crippen molar-refractivity contribution in [3.05, 3.63) is 58.4 Å². The standard InChI is InChI=1S/C26H32N10O2/c1-16-20(12-17(13-28-16)24(38)27-9-11-36-10-5-8-26(36,2)3)32-22-19-15-30-25(33-23(19)35(4)34-22)31-18-6-7-21(37)29-14-18/h6-7,12-15H,5,8-11H2,1-4H3,(H,27,38)(H,29,37)(H,32,34)(H,30,31,33). The summed E-state index contributed by atoms with van der Waals surface area (Å²) in [5, 5.41) is 14.7. The summed E-state index contributed by atoms with van der Waals surface area (Å²) in [7, 11) is 1.79. The molecular formula is C26H32N10O2. The second-order valence-corrected chi connectivity index (χ2v) is 10.1. The first kappa shape index (κ1) is 25.3. The monoisotopic (exact) mass is 516 g/mol. The van der Waals surface area contributed by atoms with Crippen LogP contribution in [0, 0.1) is 6.92 Å². The van der Waals surface area contributed by atoms with Gasteiger partial charge in [-0.3, -0.25) is 19.5 Å². The van der Waals surface area contributed by atoms with E-state index in [0.29, 0.717) is 46.3 Å². The summed E-state index contributed by atoms with van der Waals surface area (Å²) in [6, 6.07) is 4.85. The van der Waals surface area contributed by atoms with Crippen LogP contribution in [0.5, 0.6) is 0 Å². The first-order chi connectivity index (χ1) is 18.2. The average molecular weight is 517 g/mol. The lowest BCUT2D eigenvalue weighted by molar-refractivity contribution is 0.0940. The largest absolute Gasteiger partial charge is 0.351 e. The van der Waals surface area contributed by atoms with Crippen LogP contribution < -0.4 is 21.5 Å². The summed E-state index contributed by atoms with van der Waals surface area (Å²) < 4.78 is 1.65. The minimum absolute atomic E-state index is 0.162. The number of rotatable bonds is 8. The van der Waals surface area contributed by atoms with Crippen LogP contribution in [0.2, 0.25) is 0 Å². The molecule has 0 bridgehead atoms. The molecule has 0 radical (unpaired) electrons. The molecule has 4 N–H and O–H groups in total. The van der Waals surface area contributed by atoms with Crippen LogP contribution in [0.4, 0.5) is 23.1 Å². The van der Waals surface area contributed by atoms with Crippen LogP contribution in [-0.2, 0) is 7.05 Å². The Morgan fingerprint density at radius 3 is 2.76 bits per heavy atom. The molecule has 38 heavy (non-hydrogen) atoms. The zero-order valence-corrected chi connectivity index (χ0v) is 22.0. The van der Waals surface area contributed by atoms with Crippen LogP contribution in [0.1, 0.15) is 42.7 Å². The fourth-order valence-electron chi connectivity index (χ4n) is 4.70. The predicted octanol–water partition coefficient (Wildman–Crippen LogP) is 2.85. The number of aryl methyl sites for hydroxylation is 2. The molecule has 198 valence electrons. The van der Waals surface area contributed by atoms with Crippen molar-refractivity contribution in [3.63, 3.8) is 0 Å². The highest BCUT2D eigenvalue weighted by Gasteiger charge is 2.31. The molecule has 1 amide bonds. The van der Waals surface area contributed by atoms with Crippen molar-refractivity contribution >= 4 is 40.1 Å². The topological polar surface area (TPSA) is 146 Å². The summed E-state index contributed by atoms with van der Waals surface area (Å²) in [5.74, 6) is 0.759. The van der Waals surface area contributed by atoms with Gasteiger partial charge in [0.2, 0.25) is 11.5 Å². The highest BCUT2D eigenvalue weighted by Crippen LogP contribution is 2.28. The second-order valence-electron chi connectivity index (χ2n) is 10.1. The Labute approximate surface area is 219 Å². The number of aromatic amines is 1. The molecule has 1 aliphatic rings. The third-order valence-corrected chi connectivity index (χ3v) is 6.96. The van der Waals surface area contributed by atoms with Crippen molar-refractivity contribution in [1.29, 1.82) is 0 Å². The lowest BCUT2D eigenvalue weighted by Gasteiger charge is -2.31. The molecule has 12 heteroatoms. The molecule has 4 aromatic rings. The van der Waals surface area contributed by atoms with E-state index in [1.54, 1.807) is 42.5 Å². The van der Waals surface area contributed by atoms with E-state index < -0.39 is 0 Å². The van der Waals surface area contributed by atoms with Gasteiger partial charge in [0.25, 0.3) is 5.91 Å². The van der Waals surface area contributed by atoms with Gasteiger partial charge in [-0.2, -0.15) is 10.1 Å². The minimum Gasteiger partial charge on any atom is -0.351 e. The molecule has 0 saturated carbocycles. The molecular weight excluding hydrogens is 484 g/mol. The molecule has 0 aromatic carbocycles. The van der Waals surface area contributed by atoms with E-state index >= 15 is 0 Å². The van der Waals surface area contributed by atoms with Gasteiger partial charge in [0.05, 0.1) is 28.0 Å². The van der Waals surface area contributed by atoms with E-state index in [0.717, 1.165) is 18.8 Å². The number of amides is 1. The number of pyridine rings is 2. The van der Waals surface area contributed by atoms with Crippen molar-refractivity contribution in [1.82, 2.24) is 39.9 Å². The molecule has 5 heterocycles. The van der Waals surface area contributed by atoms with Crippen LogP contribution >= 0.6 is 0 Å². The number of aromatic nitrogens is 6. The zero-order valence-electron chi connectivity index (χ0n) is 22.0. The first-order valence-electron chi connectivity index (χ1n) is 12.6. The highest BCUT2D eigenvalue weighted by molar-refractivity contribution is 5.96. The summed E-state index contributed by atoms with van der Waals surface area (Å²) in [6.45, 7) is 8.83. The quantitative estimate of drug-likeness (QED) is 0.278. The first-order valence-corrected chi connectivity index (χ1v) is 12.6. The summed E-state index contributed by atoms with van der Waals surface area (Å²) in [6.07, 6.45) is 7.18. The molecule has 1 aliphatic heterocycles. The second kappa shape index (κ2) is 10.2. The number of carbonyl (C=O) groups is 1. The number of fused-ring (bicyclic) bond motifs is 1. The van der Waals surface area contributed by atoms with E-state index in [-0.39, 0.29) is 17.0 Å². The molecule has 5 rings (SSSR count). The molecule has 12 nitrogen and oxygen atoms in total. The van der Waals surface area contributed by atoms with E-state index in [4.69, 9.17) is 0 Å². The van der Waals surface area contributed by atoms with Crippen molar-refractivity contribution in [2.75, 3.05) is 30.3 Å². The number of hydrogen-bond acceptors (Lipinski definition) is 9. The third-order valence-electron chi connectivity index (χ3n) is 6.96. The average Bonchev–Trinajstić information content (AvgIpc) is 3.39. The van der Waals surface area contributed by atoms with Crippen molar-refractivity contribution < 1.29 is 4.79 Å². The van der Waals surface area contributed by atoms with Gasteiger partial charge >= 0.3 is 0 Å². The van der Waals surface area contributed by atoms with Gasteiger partial charge in [-0.15, -0.1) is 0 Å². The molecule has 1 saturated heterocycles. The lowest BCUT2D eigenvalue weighted by atomic mass is 10.0. The Morgan fingerprint density at radius 2 is 2.03 bits per heavy atom. The lowest BCUT2D eigenvalue weighted by Crippen LogP contribution is -2.43. The third kappa shape index (κ3) is 5.35. The summed E-state index contributed by atoms with van der Waals surface area (Å²) in [5.41, 5.74) is 3.14. The minimum atomic E-state index is -0.188. The van der Waals surface area contributed by atoms with E-state index in [9.17, 15) is 9.59 Å². The summed E-state index contributed by atoms with van der Waals surface area (Å²) >= 11 is 0. The van der Waals surface area contributed by atoms with Gasteiger partial charge in [-0.05, 0) is 52.3 Å². The highest BCUT2D eigenvalue weighted by atomic mass is 16.1. The van der Waals surface area contributed by atoms with Crippen LogP contribution in [0.15, 0.2) is 41.6 Å². The molecule has 1 fully saturated rings. The Kier molecular flexibility index (Phi) is 6.81. The van der Waals surface area contributed by atoms with E-state index in [2.05, 4.69) is 59.7 Å². The van der Waals surface area contributed by atoms with Crippen molar-refractivity contribution in [2.24, 2.45) is 7.05 Å². The fourth-order valence-corrected chi connectivity index (χ4v) is 4.70. The Morgan fingerprint density at radius 1 is 1.18 bits per heavy atom. The van der Waals surface area contributed by atoms with Gasteiger partial charge in [-0.25, -0.2) is 9.67 Å². The number of carbonyl (C=O) groups excluding carboxylic acids is 1. The normalized spacial score (nSPS) is 15.1. The predicted molar refractivity (Wildman–Crippen MR) is 146 cm³/mol. The van der Waals surface area contributed by atoms with E-state index in [1.807, 2.05) is 6.92 Å². The Hall–Kier alpha value is -4.32. The number of hydrogen-bond donors (Lipinski definition) is 4. The maximum Gasteiger partial charge on any atom is 0.252 e. The molecule has 0 atom stereocenters. The van der Waals surface area contributed by atoms with E-state index in [1.165, 1.54) is 18.9 Å². The van der Waals surface area contributed by atoms with Gasteiger partial charge in [0, 0.05) is 50.3 Å². The number of nitrogens with zero attached hydrogens (tertiary/aromatic N) is 6. The van der Waals surface area contributed by atoms with Crippen LogP contribution in [0.25, 0.3) is 11.0 Å². The molecule has 0 unspecified atom stereocenters. The SMILES string of the molecule is Cc1ncc(C(=O)NCCN2CCCC2(C)C)cc1Nc1nn(C)c2nc(Nc3ccc(=O)[nH]c3)ncc12. The smallest absolute Gasteiger partial charge is 0.252 e. The Balaban J connectivity index is 1.29. The summed E-state index contributed by atoms with van der Waals surface area (Å²) in [4.78, 5) is 42.5. The van der Waals surface area contributed by atoms with Crippen molar-refractivity contribution in [3.8, 4) is 0 Å². The molecule has 0 aliphatic carbocycles. The van der Waals surface area contributed by atoms with Gasteiger partial charge in [-0.1, -0.05) is 0 Å². The fraction of sp³-hybridized carbons (Fsp3) is 0.385. The number of likely N-dealkylation sites (tertiary alicyclic amines) is 1. The number of anilines is 4. The number of H-pyrrole nitrogens is 1. The van der Waals surface area contributed by atoms with Gasteiger partial charge < -0.3 is 20.9 Å². The van der Waals surface area contributed by atoms with Crippen LogP contribution in [0.3, 0.4) is 0 Å². The Bertz CT molecular complexity index is 1520. The maximum absolute atomic E-state index is 12.9. The molecule has 4 aromatic heterocycles. The van der Waals surface area contributed by atoms with Crippen molar-refractivity contribution in [2.45, 2.75) is 39.2 Å². The van der Waals surface area contributed by atoms with Crippen LogP contribution in [-0.4, -0.2) is 65.7 Å². The zero-order chi connectivity index (χ0) is 26.9. The molecule has 0 spiro atoms. The van der Waals surface area contributed by atoms with Gasteiger partial charge in [0.1, 0.15) is 0 Å².